The molecule has 3 N–H and O–H groups in total. The lowest BCUT2D eigenvalue weighted by atomic mass is 9.69. The lowest BCUT2D eigenvalue weighted by molar-refractivity contribution is 0.119. The third-order valence-corrected chi connectivity index (χ3v) is 4.66. The molecule has 1 aliphatic rings. The first-order valence-electron chi connectivity index (χ1n) is 6.73. The minimum atomic E-state index is 0.310. The van der Waals surface area contributed by atoms with Gasteiger partial charge in [-0.1, -0.05) is 47.5 Å². The Labute approximate surface area is 101 Å². The maximum Gasteiger partial charge on any atom is 0.0219 e. The number of nitrogens with two attached hydrogens (primary N) is 1. The van der Waals surface area contributed by atoms with Gasteiger partial charge in [0.25, 0.3) is 0 Å². The summed E-state index contributed by atoms with van der Waals surface area (Å²) in [6, 6.07) is 0.903. The lowest BCUT2D eigenvalue weighted by Crippen LogP contribution is -2.51. The maximum atomic E-state index is 6.15. The smallest absolute Gasteiger partial charge is 0.0219 e. The molecule has 2 nitrogen and oxygen atoms in total. The molecule has 1 rings (SSSR count). The summed E-state index contributed by atoms with van der Waals surface area (Å²) in [7, 11) is 0. The highest BCUT2D eigenvalue weighted by atomic mass is 15.0. The average molecular weight is 226 g/mol. The van der Waals surface area contributed by atoms with Gasteiger partial charge in [-0.15, -0.1) is 0 Å². The zero-order valence-corrected chi connectivity index (χ0v) is 11.8. The van der Waals surface area contributed by atoms with Crippen molar-refractivity contribution in [1.29, 1.82) is 0 Å². The summed E-state index contributed by atoms with van der Waals surface area (Å²) in [6.45, 7) is 12.7. The Morgan fingerprint density at radius 1 is 1.06 bits per heavy atom. The summed E-state index contributed by atoms with van der Waals surface area (Å²) >= 11 is 0. The molecule has 1 saturated carbocycles. The van der Waals surface area contributed by atoms with Crippen LogP contribution in [0.1, 0.15) is 60.3 Å². The number of hydrogen-bond acceptors (Lipinski definition) is 2. The van der Waals surface area contributed by atoms with E-state index in [1.54, 1.807) is 0 Å². The summed E-state index contributed by atoms with van der Waals surface area (Å²) in [5.41, 5.74) is 6.80. The molecule has 0 aromatic carbocycles. The highest BCUT2D eigenvalue weighted by Crippen LogP contribution is 2.37. The topological polar surface area (TPSA) is 38.0 Å². The van der Waals surface area contributed by atoms with Crippen molar-refractivity contribution in [2.45, 2.75) is 72.4 Å². The Morgan fingerprint density at radius 3 is 2.12 bits per heavy atom. The molecule has 1 fully saturated rings. The predicted molar refractivity (Wildman–Crippen MR) is 71.5 cm³/mol. The van der Waals surface area contributed by atoms with Gasteiger partial charge in [0.2, 0.25) is 0 Å². The van der Waals surface area contributed by atoms with E-state index < -0.39 is 0 Å². The summed E-state index contributed by atoms with van der Waals surface area (Å²) in [4.78, 5) is 0. The van der Waals surface area contributed by atoms with E-state index >= 15 is 0 Å². The van der Waals surface area contributed by atoms with Crippen LogP contribution in [0.25, 0.3) is 0 Å². The van der Waals surface area contributed by atoms with Gasteiger partial charge >= 0.3 is 0 Å². The first kappa shape index (κ1) is 14.0. The number of rotatable bonds is 3. The fraction of sp³-hybridized carbons (Fsp3) is 1.00. The molecule has 0 heterocycles. The van der Waals surface area contributed by atoms with Crippen LogP contribution < -0.4 is 11.1 Å². The molecular weight excluding hydrogens is 196 g/mol. The van der Waals surface area contributed by atoms with Crippen molar-refractivity contribution in [3.8, 4) is 0 Å². The standard InChI is InChI=1S/C14H30N2/c1-13(2,3)14(4,5)10-16-12-9-7-6-8-11(12)15/h11-12,16H,6-10,15H2,1-5H3. The summed E-state index contributed by atoms with van der Waals surface area (Å²) in [6.07, 6.45) is 5.08. The summed E-state index contributed by atoms with van der Waals surface area (Å²) in [5, 5.41) is 3.69. The third kappa shape index (κ3) is 3.46. The van der Waals surface area contributed by atoms with Gasteiger partial charge in [-0.2, -0.15) is 0 Å². The van der Waals surface area contributed by atoms with Crippen LogP contribution in [0.3, 0.4) is 0 Å². The van der Waals surface area contributed by atoms with E-state index in [0.717, 1.165) is 6.54 Å². The van der Waals surface area contributed by atoms with E-state index in [0.29, 0.717) is 22.9 Å². The van der Waals surface area contributed by atoms with Crippen molar-refractivity contribution in [2.75, 3.05) is 6.54 Å². The zero-order chi connectivity index (χ0) is 12.4. The van der Waals surface area contributed by atoms with Gasteiger partial charge in [0.1, 0.15) is 0 Å². The van der Waals surface area contributed by atoms with Crippen molar-refractivity contribution >= 4 is 0 Å². The Balaban J connectivity index is 2.44. The molecule has 2 unspecified atom stereocenters. The second-order valence-corrected chi connectivity index (χ2v) is 7.07. The van der Waals surface area contributed by atoms with Gasteiger partial charge in [0.05, 0.1) is 0 Å². The molecule has 2 heteroatoms. The van der Waals surface area contributed by atoms with Gasteiger partial charge in [-0.05, 0) is 23.7 Å². The van der Waals surface area contributed by atoms with Crippen LogP contribution in [0.2, 0.25) is 0 Å². The second kappa shape index (κ2) is 5.05. The van der Waals surface area contributed by atoms with Crippen molar-refractivity contribution in [3.63, 3.8) is 0 Å². The Bertz CT molecular complexity index is 215. The molecule has 0 amide bonds. The highest BCUT2D eigenvalue weighted by Gasteiger charge is 2.33. The Morgan fingerprint density at radius 2 is 1.62 bits per heavy atom. The molecule has 16 heavy (non-hydrogen) atoms. The molecule has 0 aliphatic heterocycles. The van der Waals surface area contributed by atoms with Crippen molar-refractivity contribution in [1.82, 2.24) is 5.32 Å². The fourth-order valence-corrected chi connectivity index (χ4v) is 2.06. The highest BCUT2D eigenvalue weighted by molar-refractivity contribution is 4.89. The van der Waals surface area contributed by atoms with E-state index in [-0.39, 0.29) is 0 Å². The molecular formula is C14H30N2. The first-order chi connectivity index (χ1) is 7.24. The Hall–Kier alpha value is -0.0800. The second-order valence-electron chi connectivity index (χ2n) is 7.07. The van der Waals surface area contributed by atoms with Crippen LogP contribution in [0.15, 0.2) is 0 Å². The van der Waals surface area contributed by atoms with Crippen LogP contribution in [-0.4, -0.2) is 18.6 Å². The normalized spacial score (nSPS) is 28.1. The molecule has 1 aliphatic carbocycles. The van der Waals surface area contributed by atoms with Gasteiger partial charge in [-0.25, -0.2) is 0 Å². The van der Waals surface area contributed by atoms with Crippen LogP contribution in [-0.2, 0) is 0 Å². The minimum Gasteiger partial charge on any atom is -0.326 e. The molecule has 2 atom stereocenters. The van der Waals surface area contributed by atoms with Gasteiger partial charge in [0.15, 0.2) is 0 Å². The molecule has 96 valence electrons. The SMILES string of the molecule is CC(C)(C)C(C)(C)CNC1CCCCC1N. The fourth-order valence-electron chi connectivity index (χ4n) is 2.06. The summed E-state index contributed by atoms with van der Waals surface area (Å²) in [5.74, 6) is 0. The van der Waals surface area contributed by atoms with E-state index in [9.17, 15) is 0 Å². The third-order valence-electron chi connectivity index (χ3n) is 4.66. The lowest BCUT2D eigenvalue weighted by Gasteiger charge is -2.41. The Kier molecular flexibility index (Phi) is 4.42. The van der Waals surface area contributed by atoms with E-state index in [4.69, 9.17) is 5.73 Å². The quantitative estimate of drug-likeness (QED) is 0.776. The zero-order valence-electron chi connectivity index (χ0n) is 11.8. The van der Waals surface area contributed by atoms with Crippen LogP contribution in [0.5, 0.6) is 0 Å². The molecule has 0 radical (unpaired) electrons. The van der Waals surface area contributed by atoms with Gasteiger partial charge < -0.3 is 11.1 Å². The molecule has 0 aromatic heterocycles. The first-order valence-corrected chi connectivity index (χ1v) is 6.73. The van der Waals surface area contributed by atoms with Crippen molar-refractivity contribution in [3.05, 3.63) is 0 Å². The minimum absolute atomic E-state index is 0.310. The number of hydrogen-bond donors (Lipinski definition) is 2. The van der Waals surface area contributed by atoms with E-state index in [1.165, 1.54) is 25.7 Å². The van der Waals surface area contributed by atoms with Crippen molar-refractivity contribution < 1.29 is 0 Å². The van der Waals surface area contributed by atoms with E-state index in [1.807, 2.05) is 0 Å². The van der Waals surface area contributed by atoms with Crippen molar-refractivity contribution in [2.24, 2.45) is 16.6 Å². The molecule has 0 bridgehead atoms. The maximum absolute atomic E-state index is 6.15. The van der Waals surface area contributed by atoms with Crippen LogP contribution in [0, 0.1) is 10.8 Å². The molecule has 0 saturated heterocycles. The average Bonchev–Trinajstić information content (AvgIpc) is 2.15. The molecule has 0 spiro atoms. The number of nitrogens with one attached hydrogen (secondary N) is 1. The largest absolute Gasteiger partial charge is 0.326 e. The van der Waals surface area contributed by atoms with Crippen LogP contribution in [0.4, 0.5) is 0 Å². The molecule has 0 aromatic rings. The van der Waals surface area contributed by atoms with Gasteiger partial charge in [-0.3, -0.25) is 0 Å². The summed E-state index contributed by atoms with van der Waals surface area (Å²) < 4.78 is 0. The predicted octanol–water partition coefficient (Wildman–Crippen LogP) is 2.92. The van der Waals surface area contributed by atoms with E-state index in [2.05, 4.69) is 39.9 Å². The van der Waals surface area contributed by atoms with Gasteiger partial charge in [0, 0.05) is 18.6 Å². The monoisotopic (exact) mass is 226 g/mol. The van der Waals surface area contributed by atoms with Crippen LogP contribution >= 0.6 is 0 Å².